The van der Waals surface area contributed by atoms with E-state index in [9.17, 15) is 0 Å². The van der Waals surface area contributed by atoms with Crippen molar-refractivity contribution in [3.8, 4) is 11.8 Å². The first kappa shape index (κ1) is 8.62. The van der Waals surface area contributed by atoms with Crippen LogP contribution in [-0.4, -0.2) is 13.1 Å². The van der Waals surface area contributed by atoms with Gasteiger partial charge in [-0.15, -0.1) is 5.92 Å². The Hall–Kier alpha value is -0.480. The van der Waals surface area contributed by atoms with Gasteiger partial charge in [0.05, 0.1) is 0 Å². The summed E-state index contributed by atoms with van der Waals surface area (Å²) < 4.78 is 0. The van der Waals surface area contributed by atoms with E-state index in [1.165, 1.54) is 13.1 Å². The van der Waals surface area contributed by atoms with Gasteiger partial charge in [0.2, 0.25) is 0 Å². The summed E-state index contributed by atoms with van der Waals surface area (Å²) in [6, 6.07) is 0. The standard InChI is InChI=1S/C10H17N/c1-10(2,3)6-4-5-9-7-11-8-9/h9,11H,5,7-8H2,1-3H3. The van der Waals surface area contributed by atoms with Gasteiger partial charge in [0, 0.05) is 24.9 Å². The molecule has 1 aliphatic rings. The first-order valence-corrected chi connectivity index (χ1v) is 4.29. The van der Waals surface area contributed by atoms with Crippen LogP contribution in [0.25, 0.3) is 0 Å². The van der Waals surface area contributed by atoms with Crippen molar-refractivity contribution in [1.29, 1.82) is 0 Å². The predicted octanol–water partition coefficient (Wildman–Crippen LogP) is 1.65. The molecule has 1 rings (SSSR count). The number of rotatable bonds is 1. The van der Waals surface area contributed by atoms with Crippen molar-refractivity contribution in [2.45, 2.75) is 27.2 Å². The van der Waals surface area contributed by atoms with Crippen LogP contribution in [0.5, 0.6) is 0 Å². The molecule has 0 aliphatic carbocycles. The zero-order valence-electron chi connectivity index (χ0n) is 7.70. The van der Waals surface area contributed by atoms with Gasteiger partial charge in [-0.05, 0) is 26.7 Å². The molecule has 0 spiro atoms. The Labute approximate surface area is 69.6 Å². The predicted molar refractivity (Wildman–Crippen MR) is 48.2 cm³/mol. The van der Waals surface area contributed by atoms with E-state index in [1.54, 1.807) is 0 Å². The summed E-state index contributed by atoms with van der Waals surface area (Å²) in [7, 11) is 0. The Kier molecular flexibility index (Phi) is 2.57. The molecule has 0 radical (unpaired) electrons. The van der Waals surface area contributed by atoms with Crippen molar-refractivity contribution >= 4 is 0 Å². The molecule has 1 saturated heterocycles. The Morgan fingerprint density at radius 3 is 2.36 bits per heavy atom. The fourth-order valence-electron chi connectivity index (χ4n) is 0.953. The first-order chi connectivity index (χ1) is 5.08. The molecule has 1 nitrogen and oxygen atoms in total. The van der Waals surface area contributed by atoms with Gasteiger partial charge < -0.3 is 5.32 Å². The molecule has 1 aliphatic heterocycles. The second-order valence-electron chi connectivity index (χ2n) is 4.28. The molecule has 1 N–H and O–H groups in total. The van der Waals surface area contributed by atoms with Gasteiger partial charge in [-0.3, -0.25) is 0 Å². The third kappa shape index (κ3) is 3.43. The van der Waals surface area contributed by atoms with Crippen molar-refractivity contribution in [2.24, 2.45) is 11.3 Å². The van der Waals surface area contributed by atoms with Crippen LogP contribution < -0.4 is 5.32 Å². The van der Waals surface area contributed by atoms with Crippen LogP contribution in [0, 0.1) is 23.2 Å². The van der Waals surface area contributed by atoms with E-state index >= 15 is 0 Å². The van der Waals surface area contributed by atoms with Crippen molar-refractivity contribution in [3.05, 3.63) is 0 Å². The zero-order valence-corrected chi connectivity index (χ0v) is 7.70. The highest BCUT2D eigenvalue weighted by atomic mass is 14.9. The third-order valence-corrected chi connectivity index (χ3v) is 1.72. The minimum Gasteiger partial charge on any atom is -0.316 e. The molecule has 1 fully saturated rings. The van der Waals surface area contributed by atoms with Gasteiger partial charge in [-0.1, -0.05) is 5.92 Å². The summed E-state index contributed by atoms with van der Waals surface area (Å²) in [4.78, 5) is 0. The second kappa shape index (κ2) is 3.28. The van der Waals surface area contributed by atoms with E-state index in [0.717, 1.165) is 12.3 Å². The van der Waals surface area contributed by atoms with Crippen LogP contribution in [-0.2, 0) is 0 Å². The summed E-state index contributed by atoms with van der Waals surface area (Å²) >= 11 is 0. The smallest absolute Gasteiger partial charge is 0.0230 e. The van der Waals surface area contributed by atoms with Crippen LogP contribution in [0.2, 0.25) is 0 Å². The zero-order chi connectivity index (χ0) is 8.32. The average Bonchev–Trinajstić information content (AvgIpc) is 1.73. The largest absolute Gasteiger partial charge is 0.316 e. The van der Waals surface area contributed by atoms with Crippen molar-refractivity contribution in [3.63, 3.8) is 0 Å². The van der Waals surface area contributed by atoms with E-state index in [4.69, 9.17) is 0 Å². The molecule has 0 aromatic rings. The summed E-state index contributed by atoms with van der Waals surface area (Å²) in [5.74, 6) is 7.30. The second-order valence-corrected chi connectivity index (χ2v) is 4.28. The SMILES string of the molecule is CC(C)(C)C#CCC1CNC1. The summed E-state index contributed by atoms with van der Waals surface area (Å²) in [6.45, 7) is 8.79. The number of nitrogens with one attached hydrogen (secondary N) is 1. The third-order valence-electron chi connectivity index (χ3n) is 1.72. The topological polar surface area (TPSA) is 12.0 Å². The molecule has 0 unspecified atom stereocenters. The fraction of sp³-hybridized carbons (Fsp3) is 0.800. The molecule has 62 valence electrons. The Bertz CT molecular complexity index is 173. The minimum atomic E-state index is 0.178. The highest BCUT2D eigenvalue weighted by molar-refractivity contribution is 5.08. The minimum absolute atomic E-state index is 0.178. The Morgan fingerprint density at radius 1 is 1.36 bits per heavy atom. The molecule has 0 bridgehead atoms. The number of hydrogen-bond acceptors (Lipinski definition) is 1. The quantitative estimate of drug-likeness (QED) is 0.562. The average molecular weight is 151 g/mol. The normalized spacial score (nSPS) is 18.5. The summed E-state index contributed by atoms with van der Waals surface area (Å²) in [5, 5.41) is 3.24. The Balaban J connectivity index is 2.21. The lowest BCUT2D eigenvalue weighted by molar-refractivity contribution is 0.355. The van der Waals surface area contributed by atoms with E-state index < -0.39 is 0 Å². The maximum absolute atomic E-state index is 3.24. The Morgan fingerprint density at radius 2 is 2.00 bits per heavy atom. The first-order valence-electron chi connectivity index (χ1n) is 4.29. The lowest BCUT2D eigenvalue weighted by Gasteiger charge is -2.24. The van der Waals surface area contributed by atoms with E-state index in [-0.39, 0.29) is 5.41 Å². The van der Waals surface area contributed by atoms with Gasteiger partial charge in [0.15, 0.2) is 0 Å². The van der Waals surface area contributed by atoms with E-state index in [1.807, 2.05) is 0 Å². The van der Waals surface area contributed by atoms with Crippen molar-refractivity contribution in [2.75, 3.05) is 13.1 Å². The molecule has 11 heavy (non-hydrogen) atoms. The summed E-state index contributed by atoms with van der Waals surface area (Å²) in [5.41, 5.74) is 0.178. The van der Waals surface area contributed by atoms with E-state index in [0.29, 0.717) is 0 Å². The van der Waals surface area contributed by atoms with Gasteiger partial charge in [-0.25, -0.2) is 0 Å². The van der Waals surface area contributed by atoms with Crippen molar-refractivity contribution in [1.82, 2.24) is 5.32 Å². The molecule has 1 heteroatoms. The van der Waals surface area contributed by atoms with Gasteiger partial charge in [0.25, 0.3) is 0 Å². The maximum Gasteiger partial charge on any atom is 0.0230 e. The maximum atomic E-state index is 3.24. The van der Waals surface area contributed by atoms with Gasteiger partial charge >= 0.3 is 0 Å². The van der Waals surface area contributed by atoms with Crippen LogP contribution in [0.1, 0.15) is 27.2 Å². The van der Waals surface area contributed by atoms with Gasteiger partial charge in [0.1, 0.15) is 0 Å². The lowest BCUT2D eigenvalue weighted by atomic mass is 9.95. The monoisotopic (exact) mass is 151 g/mol. The van der Waals surface area contributed by atoms with Crippen LogP contribution in [0.15, 0.2) is 0 Å². The van der Waals surface area contributed by atoms with Crippen molar-refractivity contribution < 1.29 is 0 Å². The van der Waals surface area contributed by atoms with Crippen LogP contribution in [0.4, 0.5) is 0 Å². The van der Waals surface area contributed by atoms with Gasteiger partial charge in [-0.2, -0.15) is 0 Å². The van der Waals surface area contributed by atoms with Crippen LogP contribution >= 0.6 is 0 Å². The summed E-state index contributed by atoms with van der Waals surface area (Å²) in [6.07, 6.45) is 1.07. The highest BCUT2D eigenvalue weighted by Crippen LogP contribution is 2.12. The molecular weight excluding hydrogens is 134 g/mol. The molecular formula is C10H17N. The highest BCUT2D eigenvalue weighted by Gasteiger charge is 2.14. The number of hydrogen-bond donors (Lipinski definition) is 1. The van der Waals surface area contributed by atoms with Crippen LogP contribution in [0.3, 0.4) is 0 Å². The molecule has 0 aromatic heterocycles. The molecule has 1 heterocycles. The molecule has 0 atom stereocenters. The molecule has 0 saturated carbocycles. The molecule has 0 amide bonds. The van der Waals surface area contributed by atoms with E-state index in [2.05, 4.69) is 37.9 Å². The lowest BCUT2D eigenvalue weighted by Crippen LogP contribution is -2.41. The molecule has 0 aromatic carbocycles. The fourth-order valence-corrected chi connectivity index (χ4v) is 0.953.